The first-order valence-corrected chi connectivity index (χ1v) is 9.07. The zero-order valence-corrected chi connectivity index (χ0v) is 16.0. The van der Waals surface area contributed by atoms with Gasteiger partial charge in [0.25, 0.3) is 0 Å². The average molecular weight is 363 g/mol. The van der Waals surface area contributed by atoms with Crippen LogP contribution in [0.4, 0.5) is 0 Å². The largest absolute Gasteiger partial charge is 0.496 e. The van der Waals surface area contributed by atoms with E-state index in [9.17, 15) is 4.79 Å². The summed E-state index contributed by atoms with van der Waals surface area (Å²) in [6, 6.07) is 14.1. The van der Waals surface area contributed by atoms with Gasteiger partial charge in [-0.1, -0.05) is 30.3 Å². The van der Waals surface area contributed by atoms with Crippen LogP contribution in [0.3, 0.4) is 0 Å². The molecule has 0 aliphatic carbocycles. The number of amides is 1. The number of hydrogen-bond acceptors (Lipinski definition) is 3. The van der Waals surface area contributed by atoms with E-state index in [4.69, 9.17) is 4.74 Å². The van der Waals surface area contributed by atoms with E-state index in [1.54, 1.807) is 13.3 Å². The highest BCUT2D eigenvalue weighted by Crippen LogP contribution is 2.19. The quantitative estimate of drug-likeness (QED) is 0.696. The summed E-state index contributed by atoms with van der Waals surface area (Å²) < 4.78 is 7.31. The van der Waals surface area contributed by atoms with Crippen molar-refractivity contribution < 1.29 is 9.53 Å². The van der Waals surface area contributed by atoms with Crippen LogP contribution in [0.5, 0.6) is 5.75 Å². The number of benzene rings is 2. The Kier molecular flexibility index (Phi) is 5.91. The number of aromatic nitrogens is 2. The number of methoxy groups -OCH3 is 1. The van der Waals surface area contributed by atoms with Gasteiger partial charge < -0.3 is 14.6 Å². The Bertz CT molecular complexity index is 931. The first-order chi connectivity index (χ1) is 13.1. The molecule has 1 heterocycles. The predicted octanol–water partition coefficient (Wildman–Crippen LogP) is 3.75. The van der Waals surface area contributed by atoms with E-state index < -0.39 is 0 Å². The molecule has 0 aliphatic rings. The number of carbonyl (C=O) groups is 1. The van der Waals surface area contributed by atoms with E-state index in [1.807, 2.05) is 61.0 Å². The second-order valence-corrected chi connectivity index (χ2v) is 6.55. The number of nitrogens with zero attached hydrogens (tertiary/aromatic N) is 2. The van der Waals surface area contributed by atoms with Gasteiger partial charge in [0.15, 0.2) is 0 Å². The summed E-state index contributed by atoms with van der Waals surface area (Å²) in [7, 11) is 1.67. The number of ether oxygens (including phenoxy) is 1. The molecule has 3 aromatic rings. The van der Waals surface area contributed by atoms with Crippen LogP contribution in [-0.2, 0) is 17.8 Å². The molecule has 0 bridgehead atoms. The average Bonchev–Trinajstić information content (AvgIpc) is 3.10. The SMILES string of the molecule is COc1ccc(CCC(=O)NCc2ccccc2-n2ccnc2C)cc1C. The van der Waals surface area contributed by atoms with Gasteiger partial charge in [-0.3, -0.25) is 4.79 Å². The summed E-state index contributed by atoms with van der Waals surface area (Å²) in [5, 5.41) is 3.03. The van der Waals surface area contributed by atoms with Crippen molar-refractivity contribution in [3.63, 3.8) is 0 Å². The summed E-state index contributed by atoms with van der Waals surface area (Å²) >= 11 is 0. The normalized spacial score (nSPS) is 10.6. The van der Waals surface area contributed by atoms with Crippen molar-refractivity contribution in [2.75, 3.05) is 7.11 Å². The molecule has 0 radical (unpaired) electrons. The summed E-state index contributed by atoms with van der Waals surface area (Å²) in [4.78, 5) is 16.6. The van der Waals surface area contributed by atoms with Crippen LogP contribution in [0, 0.1) is 13.8 Å². The van der Waals surface area contributed by atoms with Crippen molar-refractivity contribution in [3.8, 4) is 11.4 Å². The lowest BCUT2D eigenvalue weighted by atomic mass is 10.1. The molecule has 1 N–H and O–H groups in total. The predicted molar refractivity (Wildman–Crippen MR) is 106 cm³/mol. The Morgan fingerprint density at radius 2 is 2.00 bits per heavy atom. The Morgan fingerprint density at radius 1 is 1.19 bits per heavy atom. The number of aryl methyl sites for hydroxylation is 3. The summed E-state index contributed by atoms with van der Waals surface area (Å²) in [6.45, 7) is 4.47. The highest BCUT2D eigenvalue weighted by molar-refractivity contribution is 5.76. The molecular formula is C22H25N3O2. The fourth-order valence-corrected chi connectivity index (χ4v) is 3.16. The molecule has 140 valence electrons. The van der Waals surface area contributed by atoms with Crippen molar-refractivity contribution in [1.82, 2.24) is 14.9 Å². The van der Waals surface area contributed by atoms with Gasteiger partial charge in [0.05, 0.1) is 12.8 Å². The van der Waals surface area contributed by atoms with Crippen molar-refractivity contribution in [3.05, 3.63) is 77.4 Å². The Morgan fingerprint density at radius 3 is 2.70 bits per heavy atom. The molecular weight excluding hydrogens is 338 g/mol. The van der Waals surface area contributed by atoms with Gasteiger partial charge in [0.1, 0.15) is 11.6 Å². The van der Waals surface area contributed by atoms with Crippen LogP contribution >= 0.6 is 0 Å². The molecule has 0 saturated carbocycles. The van der Waals surface area contributed by atoms with Gasteiger partial charge in [-0.2, -0.15) is 0 Å². The summed E-state index contributed by atoms with van der Waals surface area (Å²) in [5.74, 6) is 1.83. The van der Waals surface area contributed by atoms with E-state index >= 15 is 0 Å². The van der Waals surface area contributed by atoms with Gasteiger partial charge in [0, 0.05) is 25.4 Å². The first-order valence-electron chi connectivity index (χ1n) is 9.07. The number of nitrogens with one attached hydrogen (secondary N) is 1. The minimum Gasteiger partial charge on any atom is -0.496 e. The van der Waals surface area contributed by atoms with Crippen LogP contribution in [0.1, 0.15) is 28.9 Å². The topological polar surface area (TPSA) is 56.1 Å². The van der Waals surface area contributed by atoms with Crippen LogP contribution in [-0.4, -0.2) is 22.6 Å². The molecule has 0 atom stereocenters. The zero-order valence-electron chi connectivity index (χ0n) is 16.0. The first kappa shape index (κ1) is 18.7. The Balaban J connectivity index is 1.59. The smallest absolute Gasteiger partial charge is 0.220 e. The van der Waals surface area contributed by atoms with Gasteiger partial charge in [-0.25, -0.2) is 4.98 Å². The standard InChI is InChI=1S/C22H25N3O2/c1-16-14-18(8-10-21(16)27-3)9-11-22(26)24-15-19-6-4-5-7-20(19)25-13-12-23-17(25)2/h4-8,10,12-14H,9,11,15H2,1-3H3,(H,24,26). The van der Waals surface area contributed by atoms with E-state index in [1.165, 1.54) is 0 Å². The molecule has 27 heavy (non-hydrogen) atoms. The monoisotopic (exact) mass is 363 g/mol. The van der Waals surface area contributed by atoms with Crippen molar-refractivity contribution >= 4 is 5.91 Å². The number of para-hydroxylation sites is 1. The maximum absolute atomic E-state index is 12.3. The number of carbonyl (C=O) groups excluding carboxylic acids is 1. The van der Waals surface area contributed by atoms with Gasteiger partial charge in [0.2, 0.25) is 5.91 Å². The zero-order chi connectivity index (χ0) is 19.2. The Labute approximate surface area is 160 Å². The molecule has 0 fully saturated rings. The van der Waals surface area contributed by atoms with E-state index in [-0.39, 0.29) is 5.91 Å². The van der Waals surface area contributed by atoms with Gasteiger partial charge >= 0.3 is 0 Å². The molecule has 0 unspecified atom stereocenters. The van der Waals surface area contributed by atoms with Crippen LogP contribution in [0.25, 0.3) is 5.69 Å². The maximum atomic E-state index is 12.3. The lowest BCUT2D eigenvalue weighted by Gasteiger charge is -2.13. The minimum absolute atomic E-state index is 0.0422. The fraction of sp³-hybridized carbons (Fsp3) is 0.273. The highest BCUT2D eigenvalue weighted by Gasteiger charge is 2.09. The second kappa shape index (κ2) is 8.54. The van der Waals surface area contributed by atoms with Crippen LogP contribution in [0.15, 0.2) is 54.9 Å². The maximum Gasteiger partial charge on any atom is 0.220 e. The van der Waals surface area contributed by atoms with E-state index in [0.717, 1.165) is 34.0 Å². The fourth-order valence-electron chi connectivity index (χ4n) is 3.16. The van der Waals surface area contributed by atoms with Gasteiger partial charge in [-0.15, -0.1) is 0 Å². The van der Waals surface area contributed by atoms with Gasteiger partial charge in [-0.05, 0) is 49.1 Å². The van der Waals surface area contributed by atoms with Crippen molar-refractivity contribution in [2.45, 2.75) is 33.2 Å². The lowest BCUT2D eigenvalue weighted by molar-refractivity contribution is -0.121. The molecule has 2 aromatic carbocycles. The third kappa shape index (κ3) is 4.56. The summed E-state index contributed by atoms with van der Waals surface area (Å²) in [5.41, 5.74) is 4.32. The number of rotatable bonds is 7. The summed E-state index contributed by atoms with van der Waals surface area (Å²) in [6.07, 6.45) is 4.88. The van der Waals surface area contributed by atoms with Crippen LogP contribution in [0.2, 0.25) is 0 Å². The molecule has 3 rings (SSSR count). The molecule has 5 nitrogen and oxygen atoms in total. The van der Waals surface area contributed by atoms with Crippen LogP contribution < -0.4 is 10.1 Å². The molecule has 1 amide bonds. The molecule has 5 heteroatoms. The molecule has 0 saturated heterocycles. The molecule has 0 spiro atoms. The third-order valence-electron chi connectivity index (χ3n) is 4.65. The van der Waals surface area contributed by atoms with Crippen molar-refractivity contribution in [2.24, 2.45) is 0 Å². The molecule has 1 aromatic heterocycles. The lowest BCUT2D eigenvalue weighted by Crippen LogP contribution is -2.23. The van der Waals surface area contributed by atoms with E-state index in [0.29, 0.717) is 19.4 Å². The molecule has 0 aliphatic heterocycles. The van der Waals surface area contributed by atoms with E-state index in [2.05, 4.69) is 16.4 Å². The third-order valence-corrected chi connectivity index (χ3v) is 4.65. The highest BCUT2D eigenvalue weighted by atomic mass is 16.5. The second-order valence-electron chi connectivity index (χ2n) is 6.55. The van der Waals surface area contributed by atoms with Crippen molar-refractivity contribution in [1.29, 1.82) is 0 Å². The minimum atomic E-state index is 0.0422. The number of hydrogen-bond donors (Lipinski definition) is 1. The number of imidazole rings is 1. The Hall–Kier alpha value is -3.08.